The lowest BCUT2D eigenvalue weighted by molar-refractivity contribution is 0.329. The lowest BCUT2D eigenvalue weighted by Crippen LogP contribution is -2.23. The third-order valence-corrected chi connectivity index (χ3v) is 5.19. The Morgan fingerprint density at radius 3 is 1.96 bits per heavy atom. The molecule has 0 aliphatic heterocycles. The van der Waals surface area contributed by atoms with E-state index in [4.69, 9.17) is 5.73 Å². The van der Waals surface area contributed by atoms with E-state index in [1.54, 1.807) is 0 Å². The minimum atomic E-state index is 0.680. The predicted octanol–water partition coefficient (Wildman–Crippen LogP) is 6.36. The van der Waals surface area contributed by atoms with Crippen molar-refractivity contribution in [3.05, 3.63) is 35.9 Å². The Balaban J connectivity index is 2.09. The molecule has 23 heavy (non-hydrogen) atoms. The lowest BCUT2D eigenvalue weighted by atomic mass is 9.84. The molecule has 132 valence electrons. The molecule has 1 heteroatoms. The van der Waals surface area contributed by atoms with Gasteiger partial charge in [0.05, 0.1) is 0 Å². The Bertz CT molecular complexity index is 359. The molecule has 0 aliphatic carbocycles. The molecule has 1 aromatic rings. The molecule has 1 rings (SSSR count). The van der Waals surface area contributed by atoms with E-state index >= 15 is 0 Å². The van der Waals surface area contributed by atoms with Crippen LogP contribution >= 0.6 is 0 Å². The maximum atomic E-state index is 6.04. The monoisotopic (exact) mass is 317 g/mol. The van der Waals surface area contributed by atoms with Gasteiger partial charge in [-0.1, -0.05) is 102 Å². The normalized spacial score (nSPS) is 13.9. The van der Waals surface area contributed by atoms with Gasteiger partial charge in [-0.2, -0.15) is 0 Å². The van der Waals surface area contributed by atoms with Crippen LogP contribution < -0.4 is 5.73 Å². The minimum absolute atomic E-state index is 0.680. The molecular formula is C22H39N. The fraction of sp³-hybridized carbons (Fsp3) is 0.727. The van der Waals surface area contributed by atoms with E-state index in [1.807, 2.05) is 0 Å². The molecule has 1 aromatic carbocycles. The van der Waals surface area contributed by atoms with E-state index in [9.17, 15) is 0 Å². The summed E-state index contributed by atoms with van der Waals surface area (Å²) >= 11 is 0. The predicted molar refractivity (Wildman–Crippen MR) is 104 cm³/mol. The van der Waals surface area contributed by atoms with Crippen molar-refractivity contribution < 1.29 is 0 Å². The first kappa shape index (κ1) is 20.2. The standard InChI is InChI=1S/C22H39N/c1-3-4-5-6-7-8-9-10-14-17-22(19-23)20(2)18-21-15-12-11-13-16-21/h11-13,15-16,20,22H,3-10,14,17-19,23H2,1-2H3. The van der Waals surface area contributed by atoms with Crippen molar-refractivity contribution in [3.8, 4) is 0 Å². The van der Waals surface area contributed by atoms with E-state index in [1.165, 1.54) is 76.2 Å². The molecule has 0 heterocycles. The van der Waals surface area contributed by atoms with Crippen molar-refractivity contribution in [2.24, 2.45) is 17.6 Å². The van der Waals surface area contributed by atoms with Crippen LogP contribution in [0.3, 0.4) is 0 Å². The first-order chi connectivity index (χ1) is 11.3. The molecule has 0 fully saturated rings. The number of hydrogen-bond donors (Lipinski definition) is 1. The number of hydrogen-bond acceptors (Lipinski definition) is 1. The third-order valence-electron chi connectivity index (χ3n) is 5.19. The highest BCUT2D eigenvalue weighted by atomic mass is 14.6. The number of nitrogens with two attached hydrogens (primary N) is 1. The second-order valence-electron chi connectivity index (χ2n) is 7.28. The maximum Gasteiger partial charge on any atom is -0.00462 e. The lowest BCUT2D eigenvalue weighted by Gasteiger charge is -2.22. The van der Waals surface area contributed by atoms with Crippen LogP contribution in [0.5, 0.6) is 0 Å². The summed E-state index contributed by atoms with van der Waals surface area (Å²) in [5.41, 5.74) is 7.49. The van der Waals surface area contributed by atoms with Crippen LogP contribution in [-0.2, 0) is 6.42 Å². The Labute approximate surface area is 145 Å². The van der Waals surface area contributed by atoms with Gasteiger partial charge in [0.2, 0.25) is 0 Å². The van der Waals surface area contributed by atoms with Crippen molar-refractivity contribution >= 4 is 0 Å². The number of benzene rings is 1. The topological polar surface area (TPSA) is 26.0 Å². The van der Waals surface area contributed by atoms with Crippen molar-refractivity contribution in [3.63, 3.8) is 0 Å². The van der Waals surface area contributed by atoms with Gasteiger partial charge >= 0.3 is 0 Å². The molecule has 0 aliphatic rings. The SMILES string of the molecule is CCCCCCCCCCCC(CN)C(C)Cc1ccccc1. The quantitative estimate of drug-likeness (QED) is 0.397. The molecule has 0 aromatic heterocycles. The van der Waals surface area contributed by atoms with E-state index in [2.05, 4.69) is 44.2 Å². The maximum absolute atomic E-state index is 6.04. The molecule has 2 N–H and O–H groups in total. The summed E-state index contributed by atoms with van der Waals surface area (Å²) in [5, 5.41) is 0. The summed E-state index contributed by atoms with van der Waals surface area (Å²) < 4.78 is 0. The van der Waals surface area contributed by atoms with E-state index in [-0.39, 0.29) is 0 Å². The Kier molecular flexibility index (Phi) is 12.0. The highest BCUT2D eigenvalue weighted by Gasteiger charge is 2.15. The fourth-order valence-corrected chi connectivity index (χ4v) is 3.50. The van der Waals surface area contributed by atoms with Crippen LogP contribution in [0, 0.1) is 11.8 Å². The van der Waals surface area contributed by atoms with Crippen LogP contribution in [0.15, 0.2) is 30.3 Å². The van der Waals surface area contributed by atoms with Crippen LogP contribution in [0.4, 0.5) is 0 Å². The zero-order chi connectivity index (χ0) is 16.8. The van der Waals surface area contributed by atoms with Gasteiger partial charge in [-0.15, -0.1) is 0 Å². The average molecular weight is 318 g/mol. The largest absolute Gasteiger partial charge is 0.330 e. The van der Waals surface area contributed by atoms with Crippen molar-refractivity contribution in [2.45, 2.75) is 84.5 Å². The molecule has 0 saturated carbocycles. The first-order valence-corrected chi connectivity index (χ1v) is 10.0. The van der Waals surface area contributed by atoms with Crippen molar-refractivity contribution in [1.82, 2.24) is 0 Å². The summed E-state index contributed by atoms with van der Waals surface area (Å²) in [6.45, 7) is 5.50. The van der Waals surface area contributed by atoms with Crippen LogP contribution in [0.2, 0.25) is 0 Å². The van der Waals surface area contributed by atoms with Crippen LogP contribution in [-0.4, -0.2) is 6.54 Å². The summed E-state index contributed by atoms with van der Waals surface area (Å²) in [5.74, 6) is 1.37. The Morgan fingerprint density at radius 2 is 1.39 bits per heavy atom. The van der Waals surface area contributed by atoms with Crippen molar-refractivity contribution in [2.75, 3.05) is 6.54 Å². The molecule has 0 saturated heterocycles. The molecule has 0 bridgehead atoms. The van der Waals surface area contributed by atoms with Crippen LogP contribution in [0.25, 0.3) is 0 Å². The highest BCUT2D eigenvalue weighted by molar-refractivity contribution is 5.15. The van der Waals surface area contributed by atoms with Gasteiger partial charge in [-0.05, 0) is 36.8 Å². The zero-order valence-electron chi connectivity index (χ0n) is 15.6. The summed E-state index contributed by atoms with van der Waals surface area (Å²) in [7, 11) is 0. The molecule has 0 radical (unpaired) electrons. The van der Waals surface area contributed by atoms with E-state index < -0.39 is 0 Å². The summed E-state index contributed by atoms with van der Waals surface area (Å²) in [6, 6.07) is 10.8. The highest BCUT2D eigenvalue weighted by Crippen LogP contribution is 2.22. The number of unbranched alkanes of at least 4 members (excludes halogenated alkanes) is 8. The molecule has 2 atom stereocenters. The third kappa shape index (κ3) is 9.81. The van der Waals surface area contributed by atoms with Gasteiger partial charge in [-0.25, -0.2) is 0 Å². The minimum Gasteiger partial charge on any atom is -0.330 e. The molecule has 0 amide bonds. The van der Waals surface area contributed by atoms with Gasteiger partial charge in [0.15, 0.2) is 0 Å². The summed E-state index contributed by atoms with van der Waals surface area (Å²) in [6.07, 6.45) is 15.1. The van der Waals surface area contributed by atoms with Crippen LogP contribution in [0.1, 0.15) is 83.6 Å². The smallest absolute Gasteiger partial charge is 0.00462 e. The van der Waals surface area contributed by atoms with Gasteiger partial charge in [0.1, 0.15) is 0 Å². The molecule has 2 unspecified atom stereocenters. The average Bonchev–Trinajstić information content (AvgIpc) is 2.57. The van der Waals surface area contributed by atoms with Gasteiger partial charge in [0.25, 0.3) is 0 Å². The van der Waals surface area contributed by atoms with Gasteiger partial charge in [0, 0.05) is 0 Å². The van der Waals surface area contributed by atoms with Gasteiger partial charge in [-0.3, -0.25) is 0 Å². The van der Waals surface area contributed by atoms with Crippen molar-refractivity contribution in [1.29, 1.82) is 0 Å². The summed E-state index contributed by atoms with van der Waals surface area (Å²) in [4.78, 5) is 0. The second-order valence-corrected chi connectivity index (χ2v) is 7.28. The second kappa shape index (κ2) is 13.6. The van der Waals surface area contributed by atoms with E-state index in [0.29, 0.717) is 11.8 Å². The van der Waals surface area contributed by atoms with E-state index in [0.717, 1.165) is 6.54 Å². The zero-order valence-corrected chi connectivity index (χ0v) is 15.6. The fourth-order valence-electron chi connectivity index (χ4n) is 3.50. The first-order valence-electron chi connectivity index (χ1n) is 10.0. The molecular weight excluding hydrogens is 278 g/mol. The molecule has 0 spiro atoms. The van der Waals surface area contributed by atoms with Gasteiger partial charge < -0.3 is 5.73 Å². The Hall–Kier alpha value is -0.820. The Morgan fingerprint density at radius 1 is 0.826 bits per heavy atom. The number of rotatable bonds is 14. The molecule has 1 nitrogen and oxygen atoms in total.